The van der Waals surface area contributed by atoms with Gasteiger partial charge in [0.05, 0.1) is 0 Å². The van der Waals surface area contributed by atoms with Crippen molar-refractivity contribution in [3.8, 4) is 0 Å². The van der Waals surface area contributed by atoms with E-state index in [9.17, 15) is 0 Å². The first kappa shape index (κ1) is 10.7. The molecule has 1 aromatic rings. The number of rotatable bonds is 1. The predicted octanol–water partition coefficient (Wildman–Crippen LogP) is 4.66. The number of aryl methyl sites for hydroxylation is 3. The van der Waals surface area contributed by atoms with Crippen LogP contribution in [0.2, 0.25) is 0 Å². The van der Waals surface area contributed by atoms with Crippen LogP contribution in [0.3, 0.4) is 0 Å². The van der Waals surface area contributed by atoms with E-state index in [4.69, 9.17) is 0 Å². The molecule has 1 aliphatic rings. The third-order valence-corrected chi connectivity index (χ3v) is 3.93. The summed E-state index contributed by atoms with van der Waals surface area (Å²) < 4.78 is 0. The molecule has 0 heterocycles. The molecule has 0 radical (unpaired) electrons. The second kappa shape index (κ2) is 4.38. The molecule has 0 nitrogen and oxygen atoms in total. The van der Waals surface area contributed by atoms with Gasteiger partial charge in [-0.1, -0.05) is 31.4 Å². The average Bonchev–Trinajstić information content (AvgIpc) is 2.25. The summed E-state index contributed by atoms with van der Waals surface area (Å²) in [6.45, 7) is 6.73. The van der Waals surface area contributed by atoms with Crippen LogP contribution in [0.5, 0.6) is 0 Å². The van der Waals surface area contributed by atoms with Gasteiger partial charge in [0.1, 0.15) is 0 Å². The van der Waals surface area contributed by atoms with Gasteiger partial charge in [-0.15, -0.1) is 0 Å². The van der Waals surface area contributed by atoms with Crippen LogP contribution in [0, 0.1) is 20.8 Å². The Morgan fingerprint density at radius 2 is 1.40 bits per heavy atom. The highest BCUT2D eigenvalue weighted by molar-refractivity contribution is 5.38. The van der Waals surface area contributed by atoms with Gasteiger partial charge in [-0.25, -0.2) is 0 Å². The van der Waals surface area contributed by atoms with Gasteiger partial charge in [-0.05, 0) is 61.8 Å². The van der Waals surface area contributed by atoms with Gasteiger partial charge in [0.15, 0.2) is 0 Å². The summed E-state index contributed by atoms with van der Waals surface area (Å²) in [5.41, 5.74) is 6.02. The SMILES string of the molecule is Cc1cc(C)c(C2CCCCC2)cc1C. The lowest BCUT2D eigenvalue weighted by Crippen LogP contribution is -2.06. The molecule has 0 atom stereocenters. The maximum atomic E-state index is 2.43. The maximum absolute atomic E-state index is 2.43. The highest BCUT2D eigenvalue weighted by Crippen LogP contribution is 2.35. The molecule has 1 fully saturated rings. The smallest absolute Gasteiger partial charge is 0.0159 e. The van der Waals surface area contributed by atoms with Crippen molar-refractivity contribution in [2.24, 2.45) is 0 Å². The number of hydrogen-bond donors (Lipinski definition) is 0. The van der Waals surface area contributed by atoms with Crippen LogP contribution < -0.4 is 0 Å². The zero-order valence-electron chi connectivity index (χ0n) is 10.3. The molecule has 82 valence electrons. The number of hydrogen-bond acceptors (Lipinski definition) is 0. The first-order valence-corrected chi connectivity index (χ1v) is 6.26. The third kappa shape index (κ3) is 2.25. The zero-order chi connectivity index (χ0) is 10.8. The molecule has 0 spiro atoms. The van der Waals surface area contributed by atoms with Gasteiger partial charge in [0.25, 0.3) is 0 Å². The minimum Gasteiger partial charge on any atom is -0.0558 e. The maximum Gasteiger partial charge on any atom is -0.0159 e. The van der Waals surface area contributed by atoms with Gasteiger partial charge < -0.3 is 0 Å². The minimum atomic E-state index is 0.845. The van der Waals surface area contributed by atoms with Crippen LogP contribution in [-0.4, -0.2) is 0 Å². The molecule has 1 aliphatic carbocycles. The van der Waals surface area contributed by atoms with E-state index in [-0.39, 0.29) is 0 Å². The number of benzene rings is 1. The Hall–Kier alpha value is -0.780. The summed E-state index contributed by atoms with van der Waals surface area (Å²) >= 11 is 0. The van der Waals surface area contributed by atoms with Gasteiger partial charge in [-0.2, -0.15) is 0 Å². The van der Waals surface area contributed by atoms with Crippen molar-refractivity contribution in [2.75, 3.05) is 0 Å². The Bertz CT molecular complexity index is 343. The molecule has 0 saturated heterocycles. The monoisotopic (exact) mass is 202 g/mol. The molecule has 1 saturated carbocycles. The van der Waals surface area contributed by atoms with Crippen LogP contribution in [0.4, 0.5) is 0 Å². The normalized spacial score (nSPS) is 18.1. The van der Waals surface area contributed by atoms with Gasteiger partial charge >= 0.3 is 0 Å². The van der Waals surface area contributed by atoms with Crippen molar-refractivity contribution in [3.05, 3.63) is 34.4 Å². The Morgan fingerprint density at radius 3 is 2.07 bits per heavy atom. The second-order valence-electron chi connectivity index (χ2n) is 5.13. The topological polar surface area (TPSA) is 0 Å². The molecule has 2 rings (SSSR count). The fourth-order valence-electron chi connectivity index (χ4n) is 2.84. The molecule has 0 amide bonds. The van der Waals surface area contributed by atoms with Crippen molar-refractivity contribution in [3.63, 3.8) is 0 Å². The summed E-state index contributed by atoms with van der Waals surface area (Å²) in [7, 11) is 0. The largest absolute Gasteiger partial charge is 0.0558 e. The van der Waals surface area contributed by atoms with Crippen molar-refractivity contribution in [2.45, 2.75) is 58.8 Å². The van der Waals surface area contributed by atoms with E-state index >= 15 is 0 Å². The van der Waals surface area contributed by atoms with Crippen LogP contribution in [0.25, 0.3) is 0 Å². The molecule has 0 heteroatoms. The van der Waals surface area contributed by atoms with Gasteiger partial charge in [0.2, 0.25) is 0 Å². The molecule has 15 heavy (non-hydrogen) atoms. The molecule has 0 unspecified atom stereocenters. The van der Waals surface area contributed by atoms with E-state index in [1.807, 2.05) is 0 Å². The van der Waals surface area contributed by atoms with Crippen LogP contribution in [0.1, 0.15) is 60.3 Å². The van der Waals surface area contributed by atoms with Crippen molar-refractivity contribution in [1.82, 2.24) is 0 Å². The third-order valence-electron chi connectivity index (χ3n) is 3.93. The fourth-order valence-corrected chi connectivity index (χ4v) is 2.84. The first-order valence-electron chi connectivity index (χ1n) is 6.26. The van der Waals surface area contributed by atoms with Crippen molar-refractivity contribution < 1.29 is 0 Å². The van der Waals surface area contributed by atoms with E-state index in [2.05, 4.69) is 32.9 Å². The molecule has 0 aromatic heterocycles. The van der Waals surface area contributed by atoms with E-state index in [1.54, 1.807) is 5.56 Å². The molecular weight excluding hydrogens is 180 g/mol. The predicted molar refractivity (Wildman–Crippen MR) is 66.5 cm³/mol. The van der Waals surface area contributed by atoms with Crippen molar-refractivity contribution in [1.29, 1.82) is 0 Å². The lowest BCUT2D eigenvalue weighted by Gasteiger charge is -2.24. The standard InChI is InChI=1S/C15H22/c1-11-9-13(3)15(10-12(11)2)14-7-5-4-6-8-14/h9-10,14H,4-8H2,1-3H3. The fraction of sp³-hybridized carbons (Fsp3) is 0.600. The molecular formula is C15H22. The average molecular weight is 202 g/mol. The minimum absolute atomic E-state index is 0.845. The van der Waals surface area contributed by atoms with Crippen molar-refractivity contribution >= 4 is 0 Å². The molecule has 0 N–H and O–H groups in total. The Balaban J connectivity index is 2.30. The molecule has 1 aromatic carbocycles. The Kier molecular flexibility index (Phi) is 3.14. The van der Waals surface area contributed by atoms with Crippen LogP contribution >= 0.6 is 0 Å². The summed E-state index contributed by atoms with van der Waals surface area (Å²) in [5.74, 6) is 0.845. The van der Waals surface area contributed by atoms with E-state index in [1.165, 1.54) is 48.8 Å². The second-order valence-corrected chi connectivity index (χ2v) is 5.13. The summed E-state index contributed by atoms with van der Waals surface area (Å²) in [6.07, 6.45) is 7.11. The first-order chi connectivity index (χ1) is 7.18. The summed E-state index contributed by atoms with van der Waals surface area (Å²) in [5, 5.41) is 0. The molecule has 0 aliphatic heterocycles. The molecule has 0 bridgehead atoms. The zero-order valence-corrected chi connectivity index (χ0v) is 10.3. The van der Waals surface area contributed by atoms with E-state index in [0.29, 0.717) is 0 Å². The summed E-state index contributed by atoms with van der Waals surface area (Å²) in [6, 6.07) is 4.79. The lowest BCUT2D eigenvalue weighted by molar-refractivity contribution is 0.442. The summed E-state index contributed by atoms with van der Waals surface area (Å²) in [4.78, 5) is 0. The Labute approximate surface area is 93.7 Å². The quantitative estimate of drug-likeness (QED) is 0.621. The highest BCUT2D eigenvalue weighted by atomic mass is 14.2. The van der Waals surface area contributed by atoms with Gasteiger partial charge in [-0.3, -0.25) is 0 Å². The highest BCUT2D eigenvalue weighted by Gasteiger charge is 2.17. The van der Waals surface area contributed by atoms with Crippen LogP contribution in [-0.2, 0) is 0 Å². The van der Waals surface area contributed by atoms with Gasteiger partial charge in [0, 0.05) is 0 Å². The van der Waals surface area contributed by atoms with Crippen LogP contribution in [0.15, 0.2) is 12.1 Å². The Morgan fingerprint density at radius 1 is 0.800 bits per heavy atom. The van der Waals surface area contributed by atoms with E-state index < -0.39 is 0 Å². The lowest BCUT2D eigenvalue weighted by atomic mass is 9.81. The van der Waals surface area contributed by atoms with E-state index in [0.717, 1.165) is 5.92 Å².